The summed E-state index contributed by atoms with van der Waals surface area (Å²) in [4.78, 5) is 0. The molecule has 0 N–H and O–H groups in total. The van der Waals surface area contributed by atoms with E-state index in [-0.39, 0.29) is 0 Å². The van der Waals surface area contributed by atoms with Crippen molar-refractivity contribution in [1.29, 1.82) is 0 Å². The molecule has 0 aliphatic heterocycles. The van der Waals surface area contributed by atoms with Crippen LogP contribution in [0, 0.1) is 0 Å². The van der Waals surface area contributed by atoms with Gasteiger partial charge in [0.25, 0.3) is 0 Å². The van der Waals surface area contributed by atoms with Crippen molar-refractivity contribution in [2.75, 3.05) is 0 Å². The van der Waals surface area contributed by atoms with Gasteiger partial charge in [-0.3, -0.25) is 0 Å². The zero-order valence-corrected chi connectivity index (χ0v) is 22.9. The first-order valence-corrected chi connectivity index (χ1v) is 14.3. The molecule has 1 heterocycles. The Hall–Kier alpha value is -5.60. The first kappa shape index (κ1) is 24.2. The minimum atomic E-state index is 0.889. The monoisotopic (exact) mass is 534 g/mol. The predicted molar refractivity (Wildman–Crippen MR) is 176 cm³/mol. The molecule has 0 aliphatic rings. The van der Waals surface area contributed by atoms with Crippen LogP contribution in [0.25, 0.3) is 77.1 Å². The van der Waals surface area contributed by atoms with E-state index in [0.717, 1.165) is 33.3 Å². The molecule has 0 saturated carbocycles. The Kier molecular flexibility index (Phi) is 5.82. The third-order valence-corrected chi connectivity index (χ3v) is 8.14. The van der Waals surface area contributed by atoms with Crippen LogP contribution < -0.4 is 0 Å². The second kappa shape index (κ2) is 10.1. The van der Waals surface area contributed by atoms with E-state index in [2.05, 4.69) is 146 Å². The van der Waals surface area contributed by atoms with Gasteiger partial charge in [-0.05, 0) is 55.9 Å². The maximum absolute atomic E-state index is 4.86. The predicted octanol–water partition coefficient (Wildman–Crippen LogP) is 10.6. The maximum atomic E-state index is 4.86. The summed E-state index contributed by atoms with van der Waals surface area (Å²) in [7, 11) is 0. The summed E-state index contributed by atoms with van der Waals surface area (Å²) in [6.07, 6.45) is 0. The van der Waals surface area contributed by atoms with Gasteiger partial charge < -0.3 is 0 Å². The second-order valence-corrected chi connectivity index (χ2v) is 10.6. The molecule has 0 aliphatic carbocycles. The lowest BCUT2D eigenvalue weighted by Gasteiger charge is -2.20. The molecule has 8 aromatic rings. The largest absolute Gasteiger partial charge is 0.149 e. The molecule has 42 heavy (non-hydrogen) atoms. The summed E-state index contributed by atoms with van der Waals surface area (Å²) in [5.41, 5.74) is 8.76. The smallest absolute Gasteiger partial charge is 0.101 e. The van der Waals surface area contributed by atoms with Gasteiger partial charge in [-0.15, -0.1) is 10.2 Å². The number of aromatic nitrogens is 2. The van der Waals surface area contributed by atoms with Crippen molar-refractivity contribution in [3.05, 3.63) is 158 Å². The highest BCUT2D eigenvalue weighted by atomic mass is 15.1. The van der Waals surface area contributed by atoms with Crippen molar-refractivity contribution in [1.82, 2.24) is 10.2 Å². The molecule has 2 heteroatoms. The molecular formula is C40H26N2. The number of fused-ring (bicyclic) bond motifs is 3. The summed E-state index contributed by atoms with van der Waals surface area (Å²) in [6, 6.07) is 55.8. The van der Waals surface area contributed by atoms with Crippen molar-refractivity contribution in [3.8, 4) is 44.8 Å². The molecular weight excluding hydrogens is 508 g/mol. The Morgan fingerprint density at radius 3 is 0.929 bits per heavy atom. The third-order valence-electron chi connectivity index (χ3n) is 8.14. The number of rotatable bonds is 4. The van der Waals surface area contributed by atoms with Gasteiger partial charge in [-0.25, -0.2) is 0 Å². The zero-order valence-electron chi connectivity index (χ0n) is 22.9. The van der Waals surface area contributed by atoms with Gasteiger partial charge in [0.15, 0.2) is 0 Å². The Labute approximate surface area is 244 Å². The maximum Gasteiger partial charge on any atom is 0.101 e. The molecule has 8 rings (SSSR count). The quantitative estimate of drug-likeness (QED) is 0.210. The Balaban J connectivity index is 1.62. The van der Waals surface area contributed by atoms with Gasteiger partial charge in [0.05, 0.1) is 0 Å². The van der Waals surface area contributed by atoms with Crippen molar-refractivity contribution in [2.45, 2.75) is 0 Å². The summed E-state index contributed by atoms with van der Waals surface area (Å²) in [5, 5.41) is 16.8. The van der Waals surface area contributed by atoms with Crippen molar-refractivity contribution < 1.29 is 0 Å². The third kappa shape index (κ3) is 3.96. The van der Waals surface area contributed by atoms with Crippen LogP contribution in [0.5, 0.6) is 0 Å². The lowest BCUT2D eigenvalue weighted by Crippen LogP contribution is -1.97. The van der Waals surface area contributed by atoms with E-state index in [9.17, 15) is 0 Å². The lowest BCUT2D eigenvalue weighted by atomic mass is 9.84. The molecule has 0 saturated heterocycles. The fourth-order valence-corrected chi connectivity index (χ4v) is 6.27. The minimum absolute atomic E-state index is 0.889. The number of hydrogen-bond donors (Lipinski definition) is 0. The molecule has 0 radical (unpaired) electrons. The van der Waals surface area contributed by atoms with Crippen LogP contribution in [0.1, 0.15) is 0 Å². The molecule has 7 aromatic carbocycles. The Morgan fingerprint density at radius 1 is 0.262 bits per heavy atom. The second-order valence-electron chi connectivity index (χ2n) is 10.6. The van der Waals surface area contributed by atoms with Crippen LogP contribution in [0.15, 0.2) is 158 Å². The van der Waals surface area contributed by atoms with Crippen LogP contribution in [0.3, 0.4) is 0 Å². The number of hydrogen-bond acceptors (Lipinski definition) is 2. The number of benzene rings is 7. The van der Waals surface area contributed by atoms with Gasteiger partial charge >= 0.3 is 0 Å². The molecule has 1 aromatic heterocycles. The van der Waals surface area contributed by atoms with Crippen molar-refractivity contribution >= 4 is 32.3 Å². The molecule has 0 bridgehead atoms. The van der Waals surface area contributed by atoms with E-state index in [0.29, 0.717) is 0 Å². The highest BCUT2D eigenvalue weighted by molar-refractivity contribution is 6.24. The first-order valence-electron chi connectivity index (χ1n) is 14.3. The average molecular weight is 535 g/mol. The van der Waals surface area contributed by atoms with E-state index in [4.69, 9.17) is 10.2 Å². The van der Waals surface area contributed by atoms with Crippen LogP contribution in [0.4, 0.5) is 0 Å². The first-order chi connectivity index (χ1) is 20.9. The molecule has 0 spiro atoms. The van der Waals surface area contributed by atoms with Crippen LogP contribution in [-0.2, 0) is 0 Å². The standard InChI is InChI=1S/C40H26N2/c1-5-15-27(16-6-1)37-31-23-13-14-24-32(31)38(28-17-7-2-8-18-28)34-26-36-35(25-33(34)37)39(29-19-9-3-10-20-29)41-42-40(36)30-21-11-4-12-22-30/h1-26H. The molecule has 2 nitrogen and oxygen atoms in total. The Morgan fingerprint density at radius 2 is 0.571 bits per heavy atom. The number of nitrogens with zero attached hydrogens (tertiary/aromatic N) is 2. The topological polar surface area (TPSA) is 25.8 Å². The van der Waals surface area contributed by atoms with E-state index in [1.54, 1.807) is 0 Å². The minimum Gasteiger partial charge on any atom is -0.149 e. The van der Waals surface area contributed by atoms with Gasteiger partial charge in [0.2, 0.25) is 0 Å². The summed E-state index contributed by atoms with van der Waals surface area (Å²) in [6.45, 7) is 0. The van der Waals surface area contributed by atoms with E-state index in [1.807, 2.05) is 12.1 Å². The summed E-state index contributed by atoms with van der Waals surface area (Å²) >= 11 is 0. The molecule has 196 valence electrons. The lowest BCUT2D eigenvalue weighted by molar-refractivity contribution is 1.06. The summed E-state index contributed by atoms with van der Waals surface area (Å²) in [5.74, 6) is 0. The SMILES string of the molecule is c1ccc(-c2nnc(-c3ccccc3)c3cc4c(-c5ccccc5)c5ccccc5c(-c5ccccc5)c4cc23)cc1. The van der Waals surface area contributed by atoms with Gasteiger partial charge in [-0.2, -0.15) is 0 Å². The van der Waals surface area contributed by atoms with Crippen LogP contribution >= 0.6 is 0 Å². The normalized spacial score (nSPS) is 11.3. The van der Waals surface area contributed by atoms with Crippen molar-refractivity contribution in [2.24, 2.45) is 0 Å². The average Bonchev–Trinajstić information content (AvgIpc) is 3.07. The highest BCUT2D eigenvalue weighted by Crippen LogP contribution is 2.46. The van der Waals surface area contributed by atoms with Crippen LogP contribution in [0.2, 0.25) is 0 Å². The summed E-state index contributed by atoms with van der Waals surface area (Å²) < 4.78 is 0. The Bertz CT molecular complexity index is 2050. The molecule has 0 fully saturated rings. The fraction of sp³-hybridized carbons (Fsp3) is 0. The van der Waals surface area contributed by atoms with Gasteiger partial charge in [-0.1, -0.05) is 146 Å². The van der Waals surface area contributed by atoms with Gasteiger partial charge in [0.1, 0.15) is 11.4 Å². The molecule has 0 amide bonds. The zero-order chi connectivity index (χ0) is 27.9. The van der Waals surface area contributed by atoms with Crippen molar-refractivity contribution in [3.63, 3.8) is 0 Å². The van der Waals surface area contributed by atoms with Crippen LogP contribution in [-0.4, -0.2) is 10.2 Å². The fourth-order valence-electron chi connectivity index (χ4n) is 6.27. The highest BCUT2D eigenvalue weighted by Gasteiger charge is 2.20. The molecule has 0 unspecified atom stereocenters. The van der Waals surface area contributed by atoms with E-state index < -0.39 is 0 Å². The van der Waals surface area contributed by atoms with E-state index >= 15 is 0 Å². The molecule has 0 atom stereocenters. The van der Waals surface area contributed by atoms with E-state index in [1.165, 1.54) is 43.8 Å². The van der Waals surface area contributed by atoms with Gasteiger partial charge in [0, 0.05) is 21.9 Å².